The maximum absolute atomic E-state index is 13.2. The fourth-order valence-corrected chi connectivity index (χ4v) is 6.43. The van der Waals surface area contributed by atoms with Crippen LogP contribution >= 0.6 is 0 Å². The van der Waals surface area contributed by atoms with Gasteiger partial charge >= 0.3 is 12.0 Å². The van der Waals surface area contributed by atoms with Gasteiger partial charge in [-0.2, -0.15) is 0 Å². The van der Waals surface area contributed by atoms with Crippen molar-refractivity contribution in [2.45, 2.75) is 83.6 Å². The highest BCUT2D eigenvalue weighted by Gasteiger charge is 2.33. The van der Waals surface area contributed by atoms with Crippen LogP contribution < -0.4 is 16.0 Å². The normalized spacial score (nSPS) is 20.5. The first-order valence-corrected chi connectivity index (χ1v) is 14.7. The highest BCUT2D eigenvalue weighted by atomic mass is 16.4. The molecule has 2 fully saturated rings. The van der Waals surface area contributed by atoms with Crippen molar-refractivity contribution in [1.82, 2.24) is 10.6 Å². The van der Waals surface area contributed by atoms with Gasteiger partial charge in [0.05, 0.1) is 12.5 Å². The van der Waals surface area contributed by atoms with Crippen molar-refractivity contribution in [3.63, 3.8) is 0 Å². The number of carboxylic acids is 1. The van der Waals surface area contributed by atoms with E-state index in [2.05, 4.69) is 28.9 Å². The molecule has 39 heavy (non-hydrogen) atoms. The minimum atomic E-state index is -0.947. The smallest absolute Gasteiger partial charge is 0.319 e. The maximum Gasteiger partial charge on any atom is 0.319 e. The lowest BCUT2D eigenvalue weighted by atomic mass is 9.69. The largest absolute Gasteiger partial charge is 0.481 e. The summed E-state index contributed by atoms with van der Waals surface area (Å²) in [6.45, 7) is 2.18. The molecular weight excluding hydrogens is 490 g/mol. The lowest BCUT2D eigenvalue weighted by Gasteiger charge is -2.38. The van der Waals surface area contributed by atoms with Gasteiger partial charge in [0, 0.05) is 17.8 Å². The second kappa shape index (κ2) is 14.2. The standard InChI is InChI=1S/C32H43N3O4/c1-2-22-7-6-10-28(21-22)34-32(39)35-30(25-13-11-24(12-14-25)23-8-4-3-5-9-23)26-15-17-27(18-16-26)31(38)33-20-19-29(36)37/h6-7,10,15-18,21,23-25,30H,2-5,8-9,11-14,19-20H2,1H3,(H,33,38)(H,36,37)(H2,34,35,39). The Bertz CT molecular complexity index is 1100. The SMILES string of the molecule is CCc1cccc(NC(=O)NC(c2ccc(C(=O)NCCC(=O)O)cc2)C2CCC(C3CCCCC3)CC2)c1. The Labute approximate surface area is 232 Å². The maximum atomic E-state index is 13.2. The van der Waals surface area contributed by atoms with E-state index in [-0.39, 0.29) is 30.9 Å². The van der Waals surface area contributed by atoms with E-state index in [0.717, 1.165) is 42.3 Å². The van der Waals surface area contributed by atoms with Crippen molar-refractivity contribution in [3.05, 3.63) is 65.2 Å². The molecule has 0 heterocycles. The molecule has 2 aromatic rings. The van der Waals surface area contributed by atoms with Gasteiger partial charge in [0.25, 0.3) is 5.91 Å². The summed E-state index contributed by atoms with van der Waals surface area (Å²) in [5, 5.41) is 17.7. The predicted octanol–water partition coefficient (Wildman–Crippen LogP) is 6.70. The third-order valence-corrected chi connectivity index (χ3v) is 8.64. The van der Waals surface area contributed by atoms with E-state index in [1.165, 1.54) is 50.5 Å². The lowest BCUT2D eigenvalue weighted by Crippen LogP contribution is -2.38. The van der Waals surface area contributed by atoms with Crippen LogP contribution in [0.3, 0.4) is 0 Å². The molecule has 0 radical (unpaired) electrons. The number of aliphatic carboxylic acids is 1. The molecule has 1 atom stereocenters. The van der Waals surface area contributed by atoms with Crippen LogP contribution in [0, 0.1) is 17.8 Å². The summed E-state index contributed by atoms with van der Waals surface area (Å²) in [5.41, 5.74) is 3.41. The van der Waals surface area contributed by atoms with E-state index < -0.39 is 5.97 Å². The topological polar surface area (TPSA) is 108 Å². The predicted molar refractivity (Wildman–Crippen MR) is 154 cm³/mol. The van der Waals surface area contributed by atoms with Gasteiger partial charge in [-0.15, -0.1) is 0 Å². The van der Waals surface area contributed by atoms with Crippen molar-refractivity contribution in [2.75, 3.05) is 11.9 Å². The Morgan fingerprint density at radius 2 is 1.59 bits per heavy atom. The van der Waals surface area contributed by atoms with E-state index in [9.17, 15) is 14.4 Å². The van der Waals surface area contributed by atoms with Gasteiger partial charge < -0.3 is 21.1 Å². The third kappa shape index (κ3) is 8.32. The third-order valence-electron chi connectivity index (χ3n) is 8.64. The Hall–Kier alpha value is -3.35. The number of urea groups is 1. The molecule has 1 unspecified atom stereocenters. The zero-order valence-corrected chi connectivity index (χ0v) is 23.1. The van der Waals surface area contributed by atoms with Crippen molar-refractivity contribution in [3.8, 4) is 0 Å². The number of carbonyl (C=O) groups excluding carboxylic acids is 2. The van der Waals surface area contributed by atoms with Crippen LogP contribution in [0.15, 0.2) is 48.5 Å². The molecule has 3 amide bonds. The zero-order chi connectivity index (χ0) is 27.6. The molecule has 2 aliphatic rings. The van der Waals surface area contributed by atoms with Crippen LogP contribution in [0.2, 0.25) is 0 Å². The number of hydrogen-bond acceptors (Lipinski definition) is 3. The van der Waals surface area contributed by atoms with Gasteiger partial charge in [0.15, 0.2) is 0 Å². The van der Waals surface area contributed by atoms with Gasteiger partial charge in [-0.25, -0.2) is 4.79 Å². The molecule has 0 spiro atoms. The van der Waals surface area contributed by atoms with E-state index in [1.54, 1.807) is 12.1 Å². The monoisotopic (exact) mass is 533 g/mol. The number of carbonyl (C=O) groups is 3. The van der Waals surface area contributed by atoms with Gasteiger partial charge in [0.1, 0.15) is 0 Å². The van der Waals surface area contributed by atoms with Crippen LogP contribution in [-0.2, 0) is 11.2 Å². The lowest BCUT2D eigenvalue weighted by molar-refractivity contribution is -0.136. The summed E-state index contributed by atoms with van der Waals surface area (Å²) in [4.78, 5) is 36.4. The van der Waals surface area contributed by atoms with E-state index >= 15 is 0 Å². The number of amides is 3. The summed E-state index contributed by atoms with van der Waals surface area (Å²) < 4.78 is 0. The minimum absolute atomic E-state index is 0.0870. The van der Waals surface area contributed by atoms with E-state index in [0.29, 0.717) is 11.5 Å². The van der Waals surface area contributed by atoms with Gasteiger partial charge in [-0.1, -0.05) is 63.3 Å². The van der Waals surface area contributed by atoms with Crippen molar-refractivity contribution < 1.29 is 19.5 Å². The highest BCUT2D eigenvalue weighted by molar-refractivity contribution is 5.94. The molecule has 0 aliphatic heterocycles. The van der Waals surface area contributed by atoms with Crippen LogP contribution in [0.25, 0.3) is 0 Å². The number of anilines is 1. The first kappa shape index (κ1) is 28.7. The van der Waals surface area contributed by atoms with Crippen LogP contribution in [-0.4, -0.2) is 29.6 Å². The summed E-state index contributed by atoms with van der Waals surface area (Å²) in [6.07, 6.45) is 12.2. The molecule has 0 bridgehead atoms. The summed E-state index contributed by atoms with van der Waals surface area (Å²) in [6, 6.07) is 14.9. The molecule has 2 saturated carbocycles. The molecule has 0 saturated heterocycles. The number of carboxylic acid groups (broad SMARTS) is 1. The first-order chi connectivity index (χ1) is 18.9. The van der Waals surface area contributed by atoms with E-state index in [1.807, 2.05) is 30.3 Å². The zero-order valence-electron chi connectivity index (χ0n) is 23.1. The van der Waals surface area contributed by atoms with Crippen molar-refractivity contribution >= 4 is 23.6 Å². The molecule has 2 aromatic carbocycles. The second-order valence-corrected chi connectivity index (χ2v) is 11.2. The Morgan fingerprint density at radius 3 is 2.26 bits per heavy atom. The average Bonchev–Trinajstić information content (AvgIpc) is 2.96. The molecule has 4 rings (SSSR count). The Balaban J connectivity index is 1.45. The average molecular weight is 534 g/mol. The fraction of sp³-hybridized carbons (Fsp3) is 0.531. The number of hydrogen-bond donors (Lipinski definition) is 4. The molecule has 7 heteroatoms. The number of benzene rings is 2. The molecule has 0 aromatic heterocycles. The second-order valence-electron chi connectivity index (χ2n) is 11.2. The number of nitrogens with one attached hydrogen (secondary N) is 3. The van der Waals surface area contributed by atoms with E-state index in [4.69, 9.17) is 5.11 Å². The summed E-state index contributed by atoms with van der Waals surface area (Å²) in [7, 11) is 0. The highest BCUT2D eigenvalue weighted by Crippen LogP contribution is 2.43. The summed E-state index contributed by atoms with van der Waals surface area (Å²) in [5.74, 6) is 0.739. The summed E-state index contributed by atoms with van der Waals surface area (Å²) >= 11 is 0. The number of aryl methyl sites for hydroxylation is 1. The van der Waals surface area contributed by atoms with Crippen LogP contribution in [0.1, 0.15) is 98.7 Å². The Morgan fingerprint density at radius 1 is 0.897 bits per heavy atom. The quantitative estimate of drug-likeness (QED) is 0.272. The van der Waals surface area contributed by atoms with Crippen LogP contribution in [0.4, 0.5) is 10.5 Å². The molecule has 2 aliphatic carbocycles. The molecule has 7 nitrogen and oxygen atoms in total. The van der Waals surface area contributed by atoms with Gasteiger partial charge in [-0.3, -0.25) is 9.59 Å². The first-order valence-electron chi connectivity index (χ1n) is 14.7. The van der Waals surface area contributed by atoms with Crippen molar-refractivity contribution in [2.24, 2.45) is 17.8 Å². The molecule has 4 N–H and O–H groups in total. The minimum Gasteiger partial charge on any atom is -0.481 e. The Kier molecular flexibility index (Phi) is 10.4. The molecule has 210 valence electrons. The van der Waals surface area contributed by atoms with Gasteiger partial charge in [0.2, 0.25) is 0 Å². The fourth-order valence-electron chi connectivity index (χ4n) is 6.43. The molecular formula is C32H43N3O4. The van der Waals surface area contributed by atoms with Gasteiger partial charge in [-0.05, 0) is 85.3 Å². The van der Waals surface area contributed by atoms with Crippen molar-refractivity contribution in [1.29, 1.82) is 0 Å². The van der Waals surface area contributed by atoms with Crippen LogP contribution in [0.5, 0.6) is 0 Å². The number of rotatable bonds is 10.